The van der Waals surface area contributed by atoms with E-state index in [0.29, 0.717) is 17.9 Å². The zero-order valence-corrected chi connectivity index (χ0v) is 11.7. The lowest BCUT2D eigenvalue weighted by atomic mass is 10.2. The van der Waals surface area contributed by atoms with E-state index in [2.05, 4.69) is 5.32 Å². The lowest BCUT2D eigenvalue weighted by molar-refractivity contribution is -0.124. The van der Waals surface area contributed by atoms with E-state index in [9.17, 15) is 9.59 Å². The Kier molecular flexibility index (Phi) is 4.74. The van der Waals surface area contributed by atoms with Crippen LogP contribution >= 0.6 is 0 Å². The van der Waals surface area contributed by atoms with Crippen molar-refractivity contribution in [2.24, 2.45) is 0 Å². The van der Waals surface area contributed by atoms with Gasteiger partial charge in [-0.3, -0.25) is 4.79 Å². The molecule has 5 heteroatoms. The zero-order chi connectivity index (χ0) is 14.5. The van der Waals surface area contributed by atoms with Gasteiger partial charge in [-0.05, 0) is 51.0 Å². The van der Waals surface area contributed by atoms with E-state index in [0.717, 1.165) is 12.8 Å². The number of benzene rings is 1. The van der Waals surface area contributed by atoms with Crippen LogP contribution in [0.4, 0.5) is 5.69 Å². The molecule has 0 radical (unpaired) electrons. The largest absolute Gasteiger partial charge is 0.459 e. The van der Waals surface area contributed by atoms with Gasteiger partial charge in [-0.1, -0.05) is 0 Å². The van der Waals surface area contributed by atoms with Crippen LogP contribution in [0.3, 0.4) is 0 Å². The fourth-order valence-corrected chi connectivity index (χ4v) is 1.98. The molecule has 1 N–H and O–H groups in total. The first kappa shape index (κ1) is 14.5. The Hall–Kier alpha value is -1.88. The highest BCUT2D eigenvalue weighted by Crippen LogP contribution is 2.16. The average Bonchev–Trinajstić information content (AvgIpc) is 2.92. The highest BCUT2D eigenvalue weighted by molar-refractivity contribution is 5.95. The molecule has 1 aromatic carbocycles. The number of ether oxygens (including phenoxy) is 2. The van der Waals surface area contributed by atoms with Crippen molar-refractivity contribution < 1.29 is 19.1 Å². The van der Waals surface area contributed by atoms with E-state index in [4.69, 9.17) is 9.47 Å². The standard InChI is InChI=1S/C15H19NO4/c1-10(2)20-15(18)11-5-7-12(8-6-11)16-14(17)13-4-3-9-19-13/h5-8,10,13H,3-4,9H2,1-2H3,(H,16,17)/t13-/m0/s1. The summed E-state index contributed by atoms with van der Waals surface area (Å²) in [5.74, 6) is -0.503. The van der Waals surface area contributed by atoms with Crippen molar-refractivity contribution in [2.45, 2.75) is 38.9 Å². The molecular formula is C15H19NO4. The lowest BCUT2D eigenvalue weighted by Gasteiger charge is -2.11. The van der Waals surface area contributed by atoms with Crippen LogP contribution in [0, 0.1) is 0 Å². The molecule has 0 saturated carbocycles. The number of anilines is 1. The monoisotopic (exact) mass is 277 g/mol. The maximum Gasteiger partial charge on any atom is 0.338 e. The SMILES string of the molecule is CC(C)OC(=O)c1ccc(NC(=O)[C@@H]2CCCO2)cc1. The first-order valence-electron chi connectivity index (χ1n) is 6.80. The molecule has 1 amide bonds. The molecule has 0 aromatic heterocycles. The summed E-state index contributed by atoms with van der Waals surface area (Å²) in [5.41, 5.74) is 1.11. The fourth-order valence-electron chi connectivity index (χ4n) is 1.98. The number of hydrogen-bond donors (Lipinski definition) is 1. The third-order valence-corrected chi connectivity index (χ3v) is 2.95. The second-order valence-corrected chi connectivity index (χ2v) is 5.02. The lowest BCUT2D eigenvalue weighted by Crippen LogP contribution is -2.26. The predicted molar refractivity (Wildman–Crippen MR) is 74.6 cm³/mol. The third kappa shape index (κ3) is 3.81. The number of amides is 1. The summed E-state index contributed by atoms with van der Waals surface area (Å²) in [6.07, 6.45) is 1.16. The van der Waals surface area contributed by atoms with Gasteiger partial charge in [-0.25, -0.2) is 4.79 Å². The average molecular weight is 277 g/mol. The topological polar surface area (TPSA) is 64.6 Å². The number of hydrogen-bond acceptors (Lipinski definition) is 4. The maximum atomic E-state index is 11.9. The molecular weight excluding hydrogens is 258 g/mol. The number of carbonyl (C=O) groups is 2. The van der Waals surface area contributed by atoms with Gasteiger partial charge in [0.15, 0.2) is 0 Å². The Morgan fingerprint density at radius 1 is 1.30 bits per heavy atom. The van der Waals surface area contributed by atoms with Crippen LogP contribution in [0.15, 0.2) is 24.3 Å². The van der Waals surface area contributed by atoms with Crippen LogP contribution in [0.2, 0.25) is 0 Å². The molecule has 0 aliphatic carbocycles. The second-order valence-electron chi connectivity index (χ2n) is 5.02. The molecule has 5 nitrogen and oxygen atoms in total. The molecule has 1 aliphatic heterocycles. The molecule has 0 unspecified atom stereocenters. The quantitative estimate of drug-likeness (QED) is 0.858. The molecule has 0 bridgehead atoms. The molecule has 1 fully saturated rings. The number of rotatable bonds is 4. The van der Waals surface area contributed by atoms with E-state index >= 15 is 0 Å². The van der Waals surface area contributed by atoms with Crippen LogP contribution in [0.5, 0.6) is 0 Å². The molecule has 1 saturated heterocycles. The Morgan fingerprint density at radius 2 is 2.00 bits per heavy atom. The summed E-state index contributed by atoms with van der Waals surface area (Å²) in [4.78, 5) is 23.5. The zero-order valence-electron chi connectivity index (χ0n) is 11.7. The molecule has 1 aromatic rings. The van der Waals surface area contributed by atoms with Crippen molar-refractivity contribution in [2.75, 3.05) is 11.9 Å². The van der Waals surface area contributed by atoms with E-state index < -0.39 is 0 Å². The van der Waals surface area contributed by atoms with Crippen LogP contribution in [-0.2, 0) is 14.3 Å². The van der Waals surface area contributed by atoms with E-state index in [-0.39, 0.29) is 24.1 Å². The maximum absolute atomic E-state index is 11.9. The van der Waals surface area contributed by atoms with Gasteiger partial charge in [0.25, 0.3) is 5.91 Å². The van der Waals surface area contributed by atoms with Crippen LogP contribution in [-0.4, -0.2) is 30.7 Å². The highest BCUT2D eigenvalue weighted by atomic mass is 16.5. The Morgan fingerprint density at radius 3 is 2.55 bits per heavy atom. The number of carbonyl (C=O) groups excluding carboxylic acids is 2. The van der Waals surface area contributed by atoms with Gasteiger partial charge in [0.05, 0.1) is 11.7 Å². The summed E-state index contributed by atoms with van der Waals surface area (Å²) >= 11 is 0. The van der Waals surface area contributed by atoms with Crippen LogP contribution < -0.4 is 5.32 Å². The molecule has 20 heavy (non-hydrogen) atoms. The summed E-state index contributed by atoms with van der Waals surface area (Å²) < 4.78 is 10.4. The van der Waals surface area contributed by atoms with Gasteiger partial charge in [-0.15, -0.1) is 0 Å². The molecule has 0 spiro atoms. The predicted octanol–water partition coefficient (Wildman–Crippen LogP) is 2.37. The molecule has 108 valence electrons. The van der Waals surface area contributed by atoms with Crippen molar-refractivity contribution in [1.82, 2.24) is 0 Å². The fraction of sp³-hybridized carbons (Fsp3) is 0.467. The minimum atomic E-state index is -0.364. The molecule has 2 rings (SSSR count). The van der Waals surface area contributed by atoms with Crippen LogP contribution in [0.25, 0.3) is 0 Å². The van der Waals surface area contributed by atoms with Crippen LogP contribution in [0.1, 0.15) is 37.0 Å². The van der Waals surface area contributed by atoms with Gasteiger partial charge < -0.3 is 14.8 Å². The van der Waals surface area contributed by atoms with E-state index in [1.807, 2.05) is 0 Å². The minimum Gasteiger partial charge on any atom is -0.459 e. The third-order valence-electron chi connectivity index (χ3n) is 2.95. The number of esters is 1. The normalized spacial score (nSPS) is 18.1. The Bertz CT molecular complexity index is 475. The van der Waals surface area contributed by atoms with E-state index in [1.165, 1.54) is 0 Å². The minimum absolute atomic E-state index is 0.139. The van der Waals surface area contributed by atoms with Crippen molar-refractivity contribution >= 4 is 17.6 Å². The van der Waals surface area contributed by atoms with Gasteiger partial charge >= 0.3 is 5.97 Å². The number of nitrogens with one attached hydrogen (secondary N) is 1. The van der Waals surface area contributed by atoms with Gasteiger partial charge in [0, 0.05) is 12.3 Å². The van der Waals surface area contributed by atoms with Crippen molar-refractivity contribution in [1.29, 1.82) is 0 Å². The summed E-state index contributed by atoms with van der Waals surface area (Å²) in [6.45, 7) is 4.24. The molecule has 1 atom stereocenters. The van der Waals surface area contributed by atoms with Gasteiger partial charge in [-0.2, -0.15) is 0 Å². The highest BCUT2D eigenvalue weighted by Gasteiger charge is 2.23. The van der Waals surface area contributed by atoms with E-state index in [1.54, 1.807) is 38.1 Å². The summed E-state index contributed by atoms with van der Waals surface area (Å²) in [5, 5.41) is 2.77. The van der Waals surface area contributed by atoms with Crippen molar-refractivity contribution in [3.8, 4) is 0 Å². The first-order valence-corrected chi connectivity index (χ1v) is 6.80. The Balaban J connectivity index is 1.94. The Labute approximate surface area is 118 Å². The smallest absolute Gasteiger partial charge is 0.338 e. The van der Waals surface area contributed by atoms with Gasteiger partial charge in [0.1, 0.15) is 6.10 Å². The molecule has 1 aliphatic rings. The van der Waals surface area contributed by atoms with Gasteiger partial charge in [0.2, 0.25) is 0 Å². The molecule has 1 heterocycles. The first-order chi connectivity index (χ1) is 9.56. The second kappa shape index (κ2) is 6.52. The summed E-state index contributed by atoms with van der Waals surface area (Å²) in [7, 11) is 0. The van der Waals surface area contributed by atoms with Crippen molar-refractivity contribution in [3.05, 3.63) is 29.8 Å². The summed E-state index contributed by atoms with van der Waals surface area (Å²) in [6, 6.07) is 6.64. The van der Waals surface area contributed by atoms with Crippen molar-refractivity contribution in [3.63, 3.8) is 0 Å².